The van der Waals surface area contributed by atoms with E-state index in [0.29, 0.717) is 91.0 Å². The van der Waals surface area contributed by atoms with Crippen molar-refractivity contribution in [1.29, 1.82) is 0 Å². The number of nitrogens with two attached hydrogens (primary N) is 4. The Kier molecular flexibility index (Phi) is 31.7. The summed E-state index contributed by atoms with van der Waals surface area (Å²) in [6.45, 7) is 20.5. The standard InChI is InChI=1S/C19H32N5O3PS.C18H30N5O3PS.C17H28N5O3PS.C16H26N5O3PS/c1-5-6-7-10-29-19-23-13-16(20)21-11-22-17(13)24(19)18-15(26)14(25)12(27-18)8-9-28(2,3)4;1-5-6-9-28-18-22-12-15(19)20-10-21-16(12)23(18)17-14(25)13(24)11(26-17)7-8-27(2,3)4;1-5-8-27-17-21-11-14(18)19-9-20-15(11)22(17)16-13(24)12(23)10(25-16)6-7-26(2,3)4;1-5-26-16-20-10-13(17)18-8-19-14(10)21(16)15-12(23)11(22)9(24-15)6-7-25(2,3)4/h11-12,14-15,18,25-26H,2,5-10H2,1,3-4H3,(H2,20,21,22);10-11,13-14,17,24-25H,2,5-9H2,1,3-4H3,(H2,19,20,21);9-10,12-13,16,23-24H,2,5-8H2,1,3-4H3,(H2,18,19,20);8-9,11-12,15,22-23H,2,5-7H2,1,3-4H3,(H2,17,18,19)/t12-,14-,15-,18?;11-,13-,14-,17?;10-,12-,13-,16?;9-,11-,12-,15?/m1111/s1. The summed E-state index contributed by atoms with van der Waals surface area (Å²) in [5.74, 6) is 4.54. The van der Waals surface area contributed by atoms with E-state index in [0.717, 1.165) is 86.2 Å². The number of rotatable bonds is 30. The minimum atomic E-state index is -1.25. The molecule has 4 aliphatic rings. The first-order valence-electron chi connectivity index (χ1n) is 37.1. The first-order chi connectivity index (χ1) is 51.9. The van der Waals surface area contributed by atoms with Gasteiger partial charge in [-0.05, 0) is 129 Å². The first-order valence-corrected chi connectivity index (χ1v) is 53.3. The van der Waals surface area contributed by atoms with Gasteiger partial charge in [0.05, 0.1) is 24.4 Å². The third kappa shape index (κ3) is 22.2. The van der Waals surface area contributed by atoms with E-state index in [-0.39, 0.29) is 23.3 Å². The number of nitrogen functional groups attached to an aromatic ring is 4. The Morgan fingerprint density at radius 2 is 0.591 bits per heavy atom. The van der Waals surface area contributed by atoms with Gasteiger partial charge in [-0.2, -0.15) is 0 Å². The molecule has 0 bridgehead atoms. The molecule has 12 heterocycles. The third-order valence-electron chi connectivity index (χ3n) is 18.8. The van der Waals surface area contributed by atoms with Crippen molar-refractivity contribution in [2.24, 2.45) is 0 Å². The molecule has 8 aromatic rings. The molecule has 0 amide bonds. The van der Waals surface area contributed by atoms with Crippen molar-refractivity contribution in [3.05, 3.63) is 25.3 Å². The second-order valence-electron chi connectivity index (χ2n) is 30.8. The molecule has 0 aromatic carbocycles. The fourth-order valence-electron chi connectivity index (χ4n) is 12.7. The average Bonchev–Trinajstić information content (AvgIpc) is 1.63. The van der Waals surface area contributed by atoms with Crippen LogP contribution in [0.25, 0.3) is 44.7 Å². The largest absolute Gasteiger partial charge is 0.388 e. The number of ether oxygens (including phenoxy) is 4. The maximum Gasteiger partial charge on any atom is 0.172 e. The summed E-state index contributed by atoms with van der Waals surface area (Å²) in [5, 5.41) is 87.7. The fraction of sp³-hybridized carbons (Fsp3) is 0.657. The van der Waals surface area contributed by atoms with Gasteiger partial charge in [-0.3, -0.25) is 18.3 Å². The average molecular weight is 1680 g/mol. The summed E-state index contributed by atoms with van der Waals surface area (Å²) in [6.07, 6.45) is 21.8. The van der Waals surface area contributed by atoms with Crippen molar-refractivity contribution in [1.82, 2.24) is 78.1 Å². The third-order valence-corrected chi connectivity index (χ3v) is 28.7. The number of imidazole rings is 4. The smallest absolute Gasteiger partial charge is 0.172 e. The van der Waals surface area contributed by atoms with E-state index in [1.54, 1.807) is 53.6 Å². The number of anilines is 4. The van der Waals surface area contributed by atoms with Crippen molar-refractivity contribution in [2.45, 2.75) is 211 Å². The zero-order valence-corrected chi connectivity index (χ0v) is 72.0. The van der Waals surface area contributed by atoms with Gasteiger partial charge in [0.15, 0.2) is 113 Å². The van der Waals surface area contributed by atoms with Crippen molar-refractivity contribution in [2.75, 3.05) is 124 Å². The highest BCUT2D eigenvalue weighted by atomic mass is 32.2. The Bertz CT molecular complexity index is 4580. The van der Waals surface area contributed by atoms with Crippen LogP contribution in [0.4, 0.5) is 23.3 Å². The lowest BCUT2D eigenvalue weighted by Crippen LogP contribution is -2.32. The van der Waals surface area contributed by atoms with Crippen molar-refractivity contribution < 1.29 is 59.8 Å². The van der Waals surface area contributed by atoms with Crippen LogP contribution >= 0.6 is 74.6 Å². The van der Waals surface area contributed by atoms with Crippen LogP contribution in [0.2, 0.25) is 0 Å². The molecule has 12 rings (SSSR count). The molecule has 4 fully saturated rings. The fourth-order valence-corrected chi connectivity index (χ4v) is 20.3. The van der Waals surface area contributed by atoms with Gasteiger partial charge >= 0.3 is 0 Å². The number of aliphatic hydroxyl groups is 8. The number of aromatic nitrogens is 16. The minimum absolute atomic E-state index is 0.278. The van der Waals surface area contributed by atoms with Crippen LogP contribution in [0, 0.1) is 0 Å². The first kappa shape index (κ1) is 89.5. The summed E-state index contributed by atoms with van der Waals surface area (Å²) in [7, 11) is 0. The zero-order valence-electron chi connectivity index (χ0n) is 65.2. The number of fused-ring (bicyclic) bond motifs is 4. The minimum Gasteiger partial charge on any atom is -0.388 e. The molecule has 4 saturated heterocycles. The summed E-state index contributed by atoms with van der Waals surface area (Å²) < 4.78 is 31.4. The summed E-state index contributed by atoms with van der Waals surface area (Å²) in [5.41, 5.74) is 27.8. The lowest BCUT2D eigenvalue weighted by molar-refractivity contribution is -0.0400. The lowest BCUT2D eigenvalue weighted by atomic mass is 10.1. The van der Waals surface area contributed by atoms with Crippen molar-refractivity contribution in [3.8, 4) is 0 Å². The Labute approximate surface area is 661 Å². The molecule has 16 N–H and O–H groups in total. The maximum absolute atomic E-state index is 10.8. The van der Waals surface area contributed by atoms with Gasteiger partial charge in [0.2, 0.25) is 0 Å². The predicted molar refractivity (Wildman–Crippen MR) is 457 cm³/mol. The van der Waals surface area contributed by atoms with Gasteiger partial charge in [0.1, 0.15) is 74.1 Å². The van der Waals surface area contributed by atoms with Gasteiger partial charge in [0.25, 0.3) is 0 Å². The second kappa shape index (κ2) is 39.0. The summed E-state index contributed by atoms with van der Waals surface area (Å²) in [4.78, 5) is 51.6. The Morgan fingerprint density at radius 1 is 0.345 bits per heavy atom. The molecule has 0 spiro atoms. The van der Waals surface area contributed by atoms with E-state index in [4.69, 9.17) is 41.9 Å². The van der Waals surface area contributed by atoms with Crippen molar-refractivity contribution >= 4 is 168 Å². The van der Waals surface area contributed by atoms with Gasteiger partial charge in [0, 0.05) is 17.3 Å². The Morgan fingerprint density at radius 3 is 0.827 bits per heavy atom. The number of unbranched alkanes of at least 4 members (excludes halogenated alkanes) is 3. The Balaban J connectivity index is 0.000000169. The van der Waals surface area contributed by atoms with E-state index in [2.05, 4.69) is 159 Å². The van der Waals surface area contributed by atoms with Crippen LogP contribution in [0.15, 0.2) is 45.9 Å². The van der Waals surface area contributed by atoms with Crippen LogP contribution in [0.1, 0.15) is 117 Å². The van der Waals surface area contributed by atoms with E-state index in [1.807, 2.05) is 6.92 Å². The molecule has 0 saturated carbocycles. The Hall–Kier alpha value is -4.48. The number of hydrogen-bond acceptors (Lipinski definition) is 32. The molecule has 110 heavy (non-hydrogen) atoms. The molecule has 612 valence electrons. The SMILES string of the molecule is C=P(C)(C)CC[C@H]1OC(n2c(SCC)nc3c(N)ncnc32)[C@H](O)[C@@H]1O.C=P(C)(C)CC[C@H]1OC(n2c(SCCC)nc3c(N)ncnc32)[C@H](O)[C@@H]1O.C=P(C)(C)CC[C@H]1OC(n2c(SCCCC)nc3c(N)ncnc32)[C@H](O)[C@@H]1O.C=P(C)(C)CC[C@H]1OC(n2c(SCCCCC)nc3c(N)ncnc32)[C@H](O)[C@@H]1O. The molecule has 8 aromatic heterocycles. The van der Waals surface area contributed by atoms with Crippen LogP contribution in [-0.4, -0.2) is 318 Å². The molecule has 0 aliphatic carbocycles. The van der Waals surface area contributed by atoms with Crippen LogP contribution in [0.3, 0.4) is 0 Å². The topological polar surface area (TPSA) is 477 Å². The monoisotopic (exact) mass is 1680 g/mol. The van der Waals surface area contributed by atoms with E-state index in [1.165, 1.54) is 37.1 Å². The molecule has 40 heteroatoms. The van der Waals surface area contributed by atoms with E-state index in [9.17, 15) is 40.9 Å². The molecule has 0 radical (unpaired) electrons. The highest BCUT2D eigenvalue weighted by Crippen LogP contribution is 2.47. The van der Waals surface area contributed by atoms with Crippen LogP contribution < -0.4 is 22.9 Å². The summed E-state index contributed by atoms with van der Waals surface area (Å²) >= 11 is 6.19. The van der Waals surface area contributed by atoms with E-state index >= 15 is 0 Å². The molecule has 32 nitrogen and oxygen atoms in total. The van der Waals surface area contributed by atoms with Crippen molar-refractivity contribution in [3.63, 3.8) is 0 Å². The van der Waals surface area contributed by atoms with Gasteiger partial charge in [-0.25, -0.2) is 59.8 Å². The number of thioether (sulfide) groups is 4. The van der Waals surface area contributed by atoms with Gasteiger partial charge in [-0.15, -0.1) is 52.7 Å². The second-order valence-corrected chi connectivity index (χ2v) is 52.5. The highest BCUT2D eigenvalue weighted by molar-refractivity contribution is 7.99. The number of hydrogen-bond donors (Lipinski definition) is 12. The molecular weight excluding hydrogens is 1570 g/mol. The van der Waals surface area contributed by atoms with E-state index < -0.39 is 126 Å². The van der Waals surface area contributed by atoms with Crippen LogP contribution in [-0.2, 0) is 18.9 Å². The molecular formula is C70H116N20O12P4S4. The number of nitrogens with zero attached hydrogens (tertiary/aromatic N) is 16. The van der Waals surface area contributed by atoms with Gasteiger partial charge in [-0.1, -0.05) is 94.0 Å². The molecule has 16 atom stereocenters. The highest BCUT2D eigenvalue weighted by Gasteiger charge is 2.49. The summed E-state index contributed by atoms with van der Waals surface area (Å²) in [6, 6.07) is 0. The van der Waals surface area contributed by atoms with Gasteiger partial charge < -0.3 is 82.7 Å². The zero-order chi connectivity index (χ0) is 80.5. The lowest BCUT2D eigenvalue weighted by Gasteiger charge is -2.19. The number of aliphatic hydroxyl groups excluding tert-OH is 8. The van der Waals surface area contributed by atoms with Crippen LogP contribution in [0.5, 0.6) is 0 Å². The predicted octanol–water partition coefficient (Wildman–Crippen LogP) is 7.30. The molecule has 4 aliphatic heterocycles. The maximum atomic E-state index is 10.8. The molecule has 4 unspecified atom stereocenters. The normalized spacial score (nSPS) is 25.9. The quantitative estimate of drug-likeness (QED) is 0.0119.